The predicted molar refractivity (Wildman–Crippen MR) is 84.6 cm³/mol. The van der Waals surface area contributed by atoms with Gasteiger partial charge in [-0.3, -0.25) is 4.79 Å². The Labute approximate surface area is 135 Å². The molecular weight excluding hydrogens is 326 g/mol. The summed E-state index contributed by atoms with van der Waals surface area (Å²) in [6, 6.07) is 3.33. The smallest absolute Gasteiger partial charge is 0.267 e. The predicted octanol–water partition coefficient (Wildman–Crippen LogP) is 1.87. The maximum atomic E-state index is 12.8. The zero-order valence-corrected chi connectivity index (χ0v) is 13.2. The van der Waals surface area contributed by atoms with Crippen molar-refractivity contribution in [3.05, 3.63) is 29.0 Å². The summed E-state index contributed by atoms with van der Waals surface area (Å²) in [6.45, 7) is 0.651. The zero-order valence-electron chi connectivity index (χ0n) is 11.6. The van der Waals surface area contributed by atoms with Crippen molar-refractivity contribution in [2.75, 3.05) is 30.0 Å². The molecule has 0 radical (unpaired) electrons. The number of carbonyl (C=O) groups excluding carboxylic acids is 1. The molecule has 1 aliphatic rings. The third kappa shape index (κ3) is 2.67. The summed E-state index contributed by atoms with van der Waals surface area (Å²) < 4.78 is 5.56. The first-order valence-corrected chi connectivity index (χ1v) is 7.98. The Morgan fingerprint density at radius 1 is 1.41 bits per heavy atom. The fraction of sp³-hybridized carbons (Fsp3) is 0.231. The molecule has 1 aliphatic heterocycles. The minimum Gasteiger partial charge on any atom is -0.475 e. The van der Waals surface area contributed by atoms with E-state index in [-0.39, 0.29) is 23.2 Å². The molecule has 0 spiro atoms. The number of aromatic nitrogens is 3. The standard InChI is InChI=1S/C13H12ClN5O2S/c1-22-13-17-10(15)9-11(18-13)21-5-4-19(12(9)20)7-2-3-8(14)16-6-7/h2-3,6H,4-5H2,1H3,(H2,15,17,18). The van der Waals surface area contributed by atoms with E-state index < -0.39 is 0 Å². The minimum absolute atomic E-state index is 0.105. The maximum absolute atomic E-state index is 12.8. The van der Waals surface area contributed by atoms with Crippen LogP contribution < -0.4 is 15.4 Å². The summed E-state index contributed by atoms with van der Waals surface area (Å²) in [4.78, 5) is 26.6. The lowest BCUT2D eigenvalue weighted by Crippen LogP contribution is -2.32. The quantitative estimate of drug-likeness (QED) is 0.508. The number of hydrogen-bond donors (Lipinski definition) is 1. The highest BCUT2D eigenvalue weighted by molar-refractivity contribution is 7.98. The summed E-state index contributed by atoms with van der Waals surface area (Å²) >= 11 is 7.11. The molecule has 1 amide bonds. The summed E-state index contributed by atoms with van der Waals surface area (Å²) in [5.41, 5.74) is 6.70. The summed E-state index contributed by atoms with van der Waals surface area (Å²) in [5, 5.41) is 0.820. The number of amides is 1. The summed E-state index contributed by atoms with van der Waals surface area (Å²) in [6.07, 6.45) is 3.35. The number of thioether (sulfide) groups is 1. The van der Waals surface area contributed by atoms with Gasteiger partial charge in [0.05, 0.1) is 18.4 Å². The lowest BCUT2D eigenvalue weighted by atomic mass is 10.2. The van der Waals surface area contributed by atoms with Crippen molar-refractivity contribution in [3.8, 4) is 5.88 Å². The van der Waals surface area contributed by atoms with Crippen LogP contribution in [0.15, 0.2) is 23.5 Å². The number of anilines is 2. The third-order valence-corrected chi connectivity index (χ3v) is 3.87. The Morgan fingerprint density at radius 2 is 2.23 bits per heavy atom. The van der Waals surface area contributed by atoms with Crippen LogP contribution in [0, 0.1) is 0 Å². The highest BCUT2D eigenvalue weighted by Gasteiger charge is 2.29. The number of halogens is 1. The topological polar surface area (TPSA) is 94.2 Å². The lowest BCUT2D eigenvalue weighted by Gasteiger charge is -2.19. The molecule has 2 N–H and O–H groups in total. The molecule has 0 saturated heterocycles. The van der Waals surface area contributed by atoms with Crippen LogP contribution in [0.2, 0.25) is 5.15 Å². The molecule has 9 heteroatoms. The number of hydrogen-bond acceptors (Lipinski definition) is 7. The molecule has 0 aromatic carbocycles. The zero-order chi connectivity index (χ0) is 15.7. The van der Waals surface area contributed by atoms with Crippen LogP contribution in [0.3, 0.4) is 0 Å². The van der Waals surface area contributed by atoms with Gasteiger partial charge >= 0.3 is 0 Å². The molecule has 0 unspecified atom stereocenters. The van der Waals surface area contributed by atoms with E-state index in [0.29, 0.717) is 29.1 Å². The first-order chi connectivity index (χ1) is 10.6. The first-order valence-electron chi connectivity index (χ1n) is 6.38. The number of nitrogen functional groups attached to an aromatic ring is 1. The van der Waals surface area contributed by atoms with E-state index in [0.717, 1.165) is 0 Å². The Morgan fingerprint density at radius 3 is 2.91 bits per heavy atom. The third-order valence-electron chi connectivity index (χ3n) is 3.10. The second-order valence-electron chi connectivity index (χ2n) is 4.42. The van der Waals surface area contributed by atoms with E-state index in [1.54, 1.807) is 12.1 Å². The van der Waals surface area contributed by atoms with Crippen molar-refractivity contribution in [2.45, 2.75) is 5.16 Å². The number of rotatable bonds is 2. The SMILES string of the molecule is CSc1nc(N)c2c(n1)OCCN(c1ccc(Cl)nc1)C2=O. The second kappa shape index (κ2) is 5.98. The highest BCUT2D eigenvalue weighted by atomic mass is 35.5. The Balaban J connectivity index is 2.04. The van der Waals surface area contributed by atoms with Gasteiger partial charge in [-0.25, -0.2) is 9.97 Å². The van der Waals surface area contributed by atoms with E-state index >= 15 is 0 Å². The molecular formula is C13H12ClN5O2S. The number of fused-ring (bicyclic) bond motifs is 1. The van der Waals surface area contributed by atoms with Gasteiger partial charge in [0.15, 0.2) is 5.16 Å². The van der Waals surface area contributed by atoms with E-state index in [4.69, 9.17) is 22.1 Å². The summed E-state index contributed by atoms with van der Waals surface area (Å²) in [7, 11) is 0. The van der Waals surface area contributed by atoms with Crippen LogP contribution in [-0.2, 0) is 0 Å². The van der Waals surface area contributed by atoms with E-state index in [2.05, 4.69) is 15.0 Å². The Hall–Kier alpha value is -2.06. The highest BCUT2D eigenvalue weighted by Crippen LogP contribution is 2.29. The molecule has 114 valence electrons. The van der Waals surface area contributed by atoms with Crippen molar-refractivity contribution in [1.29, 1.82) is 0 Å². The molecule has 3 heterocycles. The van der Waals surface area contributed by atoms with Gasteiger partial charge in [-0.1, -0.05) is 23.4 Å². The van der Waals surface area contributed by atoms with Crippen LogP contribution >= 0.6 is 23.4 Å². The average Bonchev–Trinajstić information content (AvgIpc) is 2.67. The van der Waals surface area contributed by atoms with Gasteiger partial charge in [-0.05, 0) is 18.4 Å². The molecule has 0 fully saturated rings. The van der Waals surface area contributed by atoms with Crippen molar-refractivity contribution in [3.63, 3.8) is 0 Å². The molecule has 2 aromatic heterocycles. The fourth-order valence-corrected chi connectivity index (χ4v) is 2.55. The maximum Gasteiger partial charge on any atom is 0.267 e. The van der Waals surface area contributed by atoms with Gasteiger partial charge in [0.1, 0.15) is 23.1 Å². The average molecular weight is 338 g/mol. The van der Waals surface area contributed by atoms with Crippen LogP contribution in [0.25, 0.3) is 0 Å². The molecule has 0 bridgehead atoms. The molecule has 0 atom stereocenters. The molecule has 0 aliphatic carbocycles. The van der Waals surface area contributed by atoms with Gasteiger partial charge < -0.3 is 15.4 Å². The largest absolute Gasteiger partial charge is 0.475 e. The lowest BCUT2D eigenvalue weighted by molar-refractivity contribution is 0.0990. The van der Waals surface area contributed by atoms with Crippen LogP contribution in [0.5, 0.6) is 5.88 Å². The molecule has 3 rings (SSSR count). The summed E-state index contributed by atoms with van der Waals surface area (Å²) in [5.74, 6) is 0.00113. The van der Waals surface area contributed by atoms with Crippen molar-refractivity contribution in [2.24, 2.45) is 0 Å². The van der Waals surface area contributed by atoms with Crippen LogP contribution in [0.1, 0.15) is 10.4 Å². The van der Waals surface area contributed by atoms with Crippen molar-refractivity contribution < 1.29 is 9.53 Å². The van der Waals surface area contributed by atoms with E-state index in [1.165, 1.54) is 22.9 Å². The number of nitrogens with zero attached hydrogens (tertiary/aromatic N) is 4. The fourth-order valence-electron chi connectivity index (χ4n) is 2.08. The van der Waals surface area contributed by atoms with Gasteiger partial charge in [0, 0.05) is 0 Å². The van der Waals surface area contributed by atoms with Crippen molar-refractivity contribution in [1.82, 2.24) is 15.0 Å². The normalized spacial score (nSPS) is 14.3. The van der Waals surface area contributed by atoms with Gasteiger partial charge in [-0.15, -0.1) is 0 Å². The van der Waals surface area contributed by atoms with Gasteiger partial charge in [-0.2, -0.15) is 4.98 Å². The molecule has 22 heavy (non-hydrogen) atoms. The van der Waals surface area contributed by atoms with Crippen LogP contribution in [0.4, 0.5) is 11.5 Å². The monoisotopic (exact) mass is 337 g/mol. The first kappa shape index (κ1) is 14.9. The minimum atomic E-state index is -0.318. The van der Waals surface area contributed by atoms with Crippen molar-refractivity contribution >= 4 is 40.8 Å². The molecule has 7 nitrogen and oxygen atoms in total. The number of carbonyl (C=O) groups is 1. The number of nitrogens with two attached hydrogens (primary N) is 1. The van der Waals surface area contributed by atoms with Crippen LogP contribution in [-0.4, -0.2) is 40.3 Å². The van der Waals surface area contributed by atoms with Gasteiger partial charge in [0.2, 0.25) is 5.88 Å². The van der Waals surface area contributed by atoms with E-state index in [1.807, 2.05) is 6.26 Å². The number of pyridine rings is 1. The second-order valence-corrected chi connectivity index (χ2v) is 5.58. The van der Waals surface area contributed by atoms with E-state index in [9.17, 15) is 4.79 Å². The molecule has 2 aromatic rings. The molecule has 0 saturated carbocycles. The Kier molecular flexibility index (Phi) is 4.04. The van der Waals surface area contributed by atoms with Gasteiger partial charge in [0.25, 0.3) is 5.91 Å². The Bertz CT molecular complexity index is 725. The number of ether oxygens (including phenoxy) is 1.